The third-order valence-electron chi connectivity index (χ3n) is 1.66. The quantitative estimate of drug-likeness (QED) is 0.496. The average molecular weight is 178 g/mol. The standard InChI is InChI=1S/C8H16ClNO/c1-2-3-4-5-7(10)8(11)6-9/h7H,2-6,10H2,1H3/t7-/m0/s1. The zero-order chi connectivity index (χ0) is 8.69. The molecular weight excluding hydrogens is 162 g/mol. The zero-order valence-electron chi connectivity index (χ0n) is 6.98. The highest BCUT2D eigenvalue weighted by molar-refractivity contribution is 6.28. The van der Waals surface area contributed by atoms with Crippen molar-refractivity contribution >= 4 is 17.4 Å². The second kappa shape index (κ2) is 6.62. The summed E-state index contributed by atoms with van der Waals surface area (Å²) in [7, 11) is 0. The number of nitrogens with two attached hydrogens (primary N) is 1. The van der Waals surface area contributed by atoms with Gasteiger partial charge in [0.15, 0.2) is 5.78 Å². The number of ketones is 1. The number of alkyl halides is 1. The predicted octanol–water partition coefficient (Wildman–Crippen LogP) is 1.70. The van der Waals surface area contributed by atoms with E-state index in [1.54, 1.807) is 0 Å². The summed E-state index contributed by atoms with van der Waals surface area (Å²) in [4.78, 5) is 10.8. The van der Waals surface area contributed by atoms with Gasteiger partial charge in [0, 0.05) is 0 Å². The molecule has 0 rings (SSSR count). The molecule has 0 aromatic heterocycles. The summed E-state index contributed by atoms with van der Waals surface area (Å²) in [5.41, 5.74) is 5.53. The number of carbonyl (C=O) groups is 1. The lowest BCUT2D eigenvalue weighted by atomic mass is 10.1. The van der Waals surface area contributed by atoms with Crippen molar-refractivity contribution in [3.63, 3.8) is 0 Å². The van der Waals surface area contributed by atoms with E-state index in [0.717, 1.165) is 25.7 Å². The van der Waals surface area contributed by atoms with Crippen LogP contribution in [0.4, 0.5) is 0 Å². The van der Waals surface area contributed by atoms with Crippen LogP contribution in [0.5, 0.6) is 0 Å². The number of hydrogen-bond acceptors (Lipinski definition) is 2. The maximum absolute atomic E-state index is 10.8. The molecule has 0 fully saturated rings. The Hall–Kier alpha value is -0.0800. The third kappa shape index (κ3) is 5.22. The van der Waals surface area contributed by atoms with Crippen molar-refractivity contribution in [2.75, 3.05) is 5.88 Å². The lowest BCUT2D eigenvalue weighted by Crippen LogP contribution is -2.31. The predicted molar refractivity (Wildman–Crippen MR) is 47.8 cm³/mol. The van der Waals surface area contributed by atoms with Crippen LogP contribution in [-0.4, -0.2) is 17.7 Å². The fourth-order valence-corrected chi connectivity index (χ4v) is 1.07. The Kier molecular flexibility index (Phi) is 6.57. The molecule has 0 aromatic rings. The van der Waals surface area contributed by atoms with Crippen LogP contribution in [0.1, 0.15) is 32.6 Å². The van der Waals surface area contributed by atoms with Gasteiger partial charge in [0.1, 0.15) is 0 Å². The summed E-state index contributed by atoms with van der Waals surface area (Å²) in [5.74, 6) is 0.00980. The summed E-state index contributed by atoms with van der Waals surface area (Å²) in [5, 5.41) is 0. The Bertz CT molecular complexity index is 117. The summed E-state index contributed by atoms with van der Waals surface area (Å²) in [6.45, 7) is 2.12. The first-order chi connectivity index (χ1) is 5.22. The van der Waals surface area contributed by atoms with Gasteiger partial charge in [-0.15, -0.1) is 11.6 Å². The molecule has 11 heavy (non-hydrogen) atoms. The van der Waals surface area contributed by atoms with Gasteiger partial charge in [-0.05, 0) is 6.42 Å². The molecule has 3 heteroatoms. The Morgan fingerprint density at radius 1 is 1.55 bits per heavy atom. The van der Waals surface area contributed by atoms with E-state index in [4.69, 9.17) is 17.3 Å². The zero-order valence-corrected chi connectivity index (χ0v) is 7.73. The van der Waals surface area contributed by atoms with E-state index in [0.29, 0.717) is 0 Å². The van der Waals surface area contributed by atoms with E-state index in [9.17, 15) is 4.79 Å². The SMILES string of the molecule is CCCCC[C@H](N)C(=O)CCl. The minimum Gasteiger partial charge on any atom is -0.321 e. The molecule has 0 amide bonds. The van der Waals surface area contributed by atoms with Crippen LogP contribution in [0.25, 0.3) is 0 Å². The maximum Gasteiger partial charge on any atom is 0.164 e. The van der Waals surface area contributed by atoms with E-state index in [2.05, 4.69) is 6.92 Å². The van der Waals surface area contributed by atoms with Crippen molar-refractivity contribution in [1.29, 1.82) is 0 Å². The number of rotatable bonds is 6. The molecule has 0 aliphatic carbocycles. The first-order valence-corrected chi connectivity index (χ1v) is 4.60. The molecule has 0 spiro atoms. The average Bonchev–Trinajstić information content (AvgIpc) is 2.03. The fraction of sp³-hybridized carbons (Fsp3) is 0.875. The van der Waals surface area contributed by atoms with Gasteiger partial charge in [-0.2, -0.15) is 0 Å². The minimum atomic E-state index is -0.334. The van der Waals surface area contributed by atoms with Gasteiger partial charge >= 0.3 is 0 Å². The monoisotopic (exact) mass is 177 g/mol. The van der Waals surface area contributed by atoms with Crippen molar-refractivity contribution in [2.45, 2.75) is 38.6 Å². The molecular formula is C8H16ClNO. The largest absolute Gasteiger partial charge is 0.321 e. The Balaban J connectivity index is 3.36. The highest BCUT2D eigenvalue weighted by Gasteiger charge is 2.10. The van der Waals surface area contributed by atoms with Crippen molar-refractivity contribution in [3.8, 4) is 0 Å². The minimum absolute atomic E-state index is 0.0391. The van der Waals surface area contributed by atoms with Crippen LogP contribution in [-0.2, 0) is 4.79 Å². The molecule has 0 radical (unpaired) electrons. The second-order valence-corrected chi connectivity index (χ2v) is 2.97. The molecule has 0 aliphatic heterocycles. The molecule has 0 unspecified atom stereocenters. The molecule has 0 saturated heterocycles. The van der Waals surface area contributed by atoms with E-state index in [1.807, 2.05) is 0 Å². The summed E-state index contributed by atoms with van der Waals surface area (Å²) in [6.07, 6.45) is 4.10. The van der Waals surface area contributed by atoms with E-state index in [-0.39, 0.29) is 17.7 Å². The van der Waals surface area contributed by atoms with Crippen molar-refractivity contribution in [3.05, 3.63) is 0 Å². The van der Waals surface area contributed by atoms with Crippen LogP contribution in [0.3, 0.4) is 0 Å². The van der Waals surface area contributed by atoms with Gasteiger partial charge in [0.2, 0.25) is 0 Å². The molecule has 2 nitrogen and oxygen atoms in total. The Labute approximate surface area is 73.1 Å². The van der Waals surface area contributed by atoms with E-state index in [1.165, 1.54) is 0 Å². The van der Waals surface area contributed by atoms with Gasteiger partial charge in [0.05, 0.1) is 11.9 Å². The smallest absolute Gasteiger partial charge is 0.164 e. The van der Waals surface area contributed by atoms with E-state index >= 15 is 0 Å². The van der Waals surface area contributed by atoms with Gasteiger partial charge in [-0.1, -0.05) is 26.2 Å². The first kappa shape index (κ1) is 10.9. The van der Waals surface area contributed by atoms with Gasteiger partial charge < -0.3 is 5.73 Å². The van der Waals surface area contributed by atoms with Gasteiger partial charge in [-0.3, -0.25) is 4.79 Å². The van der Waals surface area contributed by atoms with Gasteiger partial charge in [-0.25, -0.2) is 0 Å². The molecule has 2 N–H and O–H groups in total. The van der Waals surface area contributed by atoms with Crippen molar-refractivity contribution in [1.82, 2.24) is 0 Å². The van der Waals surface area contributed by atoms with Crippen molar-refractivity contribution < 1.29 is 4.79 Å². The topological polar surface area (TPSA) is 43.1 Å². The highest BCUT2D eigenvalue weighted by Crippen LogP contribution is 2.02. The lowest BCUT2D eigenvalue weighted by Gasteiger charge is -2.06. The normalized spacial score (nSPS) is 13.0. The summed E-state index contributed by atoms with van der Waals surface area (Å²) >= 11 is 5.33. The number of Topliss-reactive ketones (excluding diaryl/α,β-unsaturated/α-hetero) is 1. The van der Waals surface area contributed by atoms with Crippen LogP contribution in [0.15, 0.2) is 0 Å². The summed E-state index contributed by atoms with van der Waals surface area (Å²) in [6, 6.07) is -0.334. The van der Waals surface area contributed by atoms with Crippen LogP contribution in [0.2, 0.25) is 0 Å². The van der Waals surface area contributed by atoms with Crippen LogP contribution in [0, 0.1) is 0 Å². The highest BCUT2D eigenvalue weighted by atomic mass is 35.5. The Morgan fingerprint density at radius 2 is 2.18 bits per heavy atom. The molecule has 0 aromatic carbocycles. The second-order valence-electron chi connectivity index (χ2n) is 2.70. The lowest BCUT2D eigenvalue weighted by molar-refractivity contribution is -0.118. The molecule has 0 aliphatic rings. The molecule has 0 heterocycles. The van der Waals surface area contributed by atoms with Crippen LogP contribution < -0.4 is 5.73 Å². The number of halogens is 1. The van der Waals surface area contributed by atoms with Crippen molar-refractivity contribution in [2.24, 2.45) is 5.73 Å². The number of carbonyl (C=O) groups excluding carboxylic acids is 1. The molecule has 1 atom stereocenters. The van der Waals surface area contributed by atoms with E-state index < -0.39 is 0 Å². The number of unbranched alkanes of at least 4 members (excludes halogenated alkanes) is 2. The number of hydrogen-bond donors (Lipinski definition) is 1. The fourth-order valence-electron chi connectivity index (χ4n) is 0.874. The first-order valence-electron chi connectivity index (χ1n) is 4.06. The molecule has 0 bridgehead atoms. The molecule has 0 saturated carbocycles. The maximum atomic E-state index is 10.8. The Morgan fingerprint density at radius 3 is 2.64 bits per heavy atom. The van der Waals surface area contributed by atoms with Gasteiger partial charge in [0.25, 0.3) is 0 Å². The van der Waals surface area contributed by atoms with Crippen LogP contribution >= 0.6 is 11.6 Å². The molecule has 66 valence electrons. The third-order valence-corrected chi connectivity index (χ3v) is 1.93. The summed E-state index contributed by atoms with van der Waals surface area (Å²) < 4.78 is 0.